The minimum absolute atomic E-state index is 0.0914. The number of carbonyl (C=O) groups is 1. The molecule has 0 aromatic heterocycles. The molecule has 0 bridgehead atoms. The third-order valence-corrected chi connectivity index (χ3v) is 3.12. The Labute approximate surface area is 108 Å². The van der Waals surface area contributed by atoms with Gasteiger partial charge in [0.2, 0.25) is 0 Å². The van der Waals surface area contributed by atoms with E-state index in [0.717, 1.165) is 23.5 Å². The lowest BCUT2D eigenvalue weighted by atomic mass is 10.1. The van der Waals surface area contributed by atoms with Crippen LogP contribution in [0.15, 0.2) is 18.2 Å². The summed E-state index contributed by atoms with van der Waals surface area (Å²) >= 11 is 0. The number of ether oxygens (including phenoxy) is 1. The van der Waals surface area contributed by atoms with Crippen LogP contribution < -0.4 is 15.4 Å². The second kappa shape index (κ2) is 5.87. The Balaban J connectivity index is 2.05. The van der Waals surface area contributed by atoms with Crippen molar-refractivity contribution >= 4 is 11.6 Å². The van der Waals surface area contributed by atoms with E-state index >= 15 is 0 Å². The Morgan fingerprint density at radius 1 is 1.50 bits per heavy atom. The first-order valence-electron chi connectivity index (χ1n) is 6.50. The number of hydrogen-bond donors (Lipinski definition) is 2. The zero-order chi connectivity index (χ0) is 13.0. The van der Waals surface area contributed by atoms with Crippen LogP contribution in [0.5, 0.6) is 5.75 Å². The molecule has 1 atom stereocenters. The molecule has 4 nitrogen and oxygen atoms in total. The number of benzene rings is 1. The van der Waals surface area contributed by atoms with Gasteiger partial charge >= 0.3 is 0 Å². The van der Waals surface area contributed by atoms with Crippen molar-refractivity contribution in [1.29, 1.82) is 0 Å². The van der Waals surface area contributed by atoms with Crippen LogP contribution >= 0.6 is 0 Å². The Morgan fingerprint density at radius 3 is 3.11 bits per heavy atom. The van der Waals surface area contributed by atoms with Crippen molar-refractivity contribution in [2.24, 2.45) is 0 Å². The number of amides is 1. The van der Waals surface area contributed by atoms with Gasteiger partial charge in [-0.25, -0.2) is 0 Å². The van der Waals surface area contributed by atoms with Gasteiger partial charge in [0.15, 0.2) is 6.61 Å². The molecule has 1 aromatic rings. The molecule has 1 amide bonds. The number of hydrogen-bond acceptors (Lipinski definition) is 3. The lowest BCUT2D eigenvalue weighted by Gasteiger charge is -2.21. The number of nitrogens with one attached hydrogen (secondary N) is 2. The highest BCUT2D eigenvalue weighted by atomic mass is 16.5. The number of fused-ring (bicyclic) bond motifs is 1. The van der Waals surface area contributed by atoms with E-state index in [1.807, 2.05) is 18.2 Å². The highest BCUT2D eigenvalue weighted by molar-refractivity contribution is 5.95. The summed E-state index contributed by atoms with van der Waals surface area (Å²) in [6.45, 7) is 5.43. The van der Waals surface area contributed by atoms with Gasteiger partial charge < -0.3 is 15.4 Å². The van der Waals surface area contributed by atoms with Crippen LogP contribution in [0.1, 0.15) is 38.3 Å². The molecule has 0 spiro atoms. The van der Waals surface area contributed by atoms with E-state index in [1.54, 1.807) is 0 Å². The van der Waals surface area contributed by atoms with Crippen molar-refractivity contribution in [2.45, 2.75) is 32.7 Å². The van der Waals surface area contributed by atoms with Crippen molar-refractivity contribution in [3.8, 4) is 5.75 Å². The summed E-state index contributed by atoms with van der Waals surface area (Å²) in [5.41, 5.74) is 1.93. The highest BCUT2D eigenvalue weighted by Crippen LogP contribution is 2.30. The highest BCUT2D eigenvalue weighted by Gasteiger charge is 2.17. The summed E-state index contributed by atoms with van der Waals surface area (Å²) in [6.07, 6.45) is 2.36. The molecule has 2 N–H and O–H groups in total. The van der Waals surface area contributed by atoms with Gasteiger partial charge in [-0.1, -0.05) is 19.4 Å². The molecule has 18 heavy (non-hydrogen) atoms. The standard InChI is InChI=1S/C14H20N2O2/c1-3-4-7-15-10(2)11-5-6-13-12(8-11)16-14(17)9-18-13/h5-6,8,10,15H,3-4,7,9H2,1-2H3,(H,16,17). The average molecular weight is 248 g/mol. The predicted octanol–water partition coefficient (Wildman–Crippen LogP) is 2.47. The van der Waals surface area contributed by atoms with Gasteiger partial charge in [-0.15, -0.1) is 0 Å². The second-order valence-electron chi connectivity index (χ2n) is 4.62. The van der Waals surface area contributed by atoms with Crippen molar-refractivity contribution < 1.29 is 9.53 Å². The Hall–Kier alpha value is -1.55. The fraction of sp³-hybridized carbons (Fsp3) is 0.500. The van der Waals surface area contributed by atoms with E-state index in [4.69, 9.17) is 4.74 Å². The number of rotatable bonds is 5. The molecule has 98 valence electrons. The summed E-state index contributed by atoms with van der Waals surface area (Å²) in [6, 6.07) is 6.22. The van der Waals surface area contributed by atoms with Crippen LogP contribution in [0.3, 0.4) is 0 Å². The molecule has 1 aliphatic rings. The number of unbranched alkanes of at least 4 members (excludes halogenated alkanes) is 1. The van der Waals surface area contributed by atoms with Crippen LogP contribution in [0, 0.1) is 0 Å². The van der Waals surface area contributed by atoms with Gasteiger partial charge in [-0.3, -0.25) is 4.79 Å². The van der Waals surface area contributed by atoms with Crippen LogP contribution in [-0.2, 0) is 4.79 Å². The largest absolute Gasteiger partial charge is 0.482 e. The maximum absolute atomic E-state index is 11.3. The topological polar surface area (TPSA) is 50.4 Å². The Morgan fingerprint density at radius 2 is 2.33 bits per heavy atom. The van der Waals surface area contributed by atoms with Crippen molar-refractivity contribution in [3.63, 3.8) is 0 Å². The summed E-state index contributed by atoms with van der Waals surface area (Å²) < 4.78 is 5.34. The molecule has 0 radical (unpaired) electrons. The molecule has 1 unspecified atom stereocenters. The third kappa shape index (κ3) is 3.01. The van der Waals surface area contributed by atoms with Crippen molar-refractivity contribution in [1.82, 2.24) is 5.32 Å². The summed E-state index contributed by atoms with van der Waals surface area (Å²) in [5.74, 6) is 0.658. The monoisotopic (exact) mass is 248 g/mol. The van der Waals surface area contributed by atoms with Crippen LogP contribution in [0.4, 0.5) is 5.69 Å². The molecule has 0 saturated heterocycles. The summed E-state index contributed by atoms with van der Waals surface area (Å²) in [5, 5.41) is 6.30. The van der Waals surface area contributed by atoms with Crippen LogP contribution in [-0.4, -0.2) is 19.1 Å². The van der Waals surface area contributed by atoms with Gasteiger partial charge in [0.1, 0.15) is 5.75 Å². The van der Waals surface area contributed by atoms with Gasteiger partial charge in [-0.05, 0) is 37.6 Å². The first-order chi connectivity index (χ1) is 8.70. The third-order valence-electron chi connectivity index (χ3n) is 3.12. The Bertz CT molecular complexity index is 432. The molecule has 2 rings (SSSR count). The SMILES string of the molecule is CCCCNC(C)c1ccc2c(c1)NC(=O)CO2. The molecular weight excluding hydrogens is 228 g/mol. The maximum atomic E-state index is 11.3. The first kappa shape index (κ1) is 12.9. The fourth-order valence-corrected chi connectivity index (χ4v) is 1.98. The first-order valence-corrected chi connectivity index (χ1v) is 6.50. The van der Waals surface area contributed by atoms with E-state index < -0.39 is 0 Å². The zero-order valence-electron chi connectivity index (χ0n) is 11.0. The minimum atomic E-state index is -0.0914. The van der Waals surface area contributed by atoms with Crippen molar-refractivity contribution in [2.75, 3.05) is 18.5 Å². The van der Waals surface area contributed by atoms with Gasteiger partial charge in [0.05, 0.1) is 5.69 Å². The lowest BCUT2D eigenvalue weighted by molar-refractivity contribution is -0.118. The number of carbonyl (C=O) groups excluding carboxylic acids is 1. The molecule has 1 heterocycles. The second-order valence-corrected chi connectivity index (χ2v) is 4.62. The van der Waals surface area contributed by atoms with E-state index in [2.05, 4.69) is 24.5 Å². The molecule has 4 heteroatoms. The molecule has 0 fully saturated rings. The van der Waals surface area contributed by atoms with Gasteiger partial charge in [0.25, 0.3) is 5.91 Å². The average Bonchev–Trinajstić information content (AvgIpc) is 2.38. The van der Waals surface area contributed by atoms with Crippen LogP contribution in [0.2, 0.25) is 0 Å². The molecule has 1 aliphatic heterocycles. The zero-order valence-corrected chi connectivity index (χ0v) is 11.0. The molecule has 0 aliphatic carbocycles. The lowest BCUT2D eigenvalue weighted by Crippen LogP contribution is -2.26. The minimum Gasteiger partial charge on any atom is -0.482 e. The smallest absolute Gasteiger partial charge is 0.262 e. The van der Waals surface area contributed by atoms with E-state index in [1.165, 1.54) is 12.8 Å². The predicted molar refractivity (Wildman–Crippen MR) is 71.9 cm³/mol. The van der Waals surface area contributed by atoms with E-state index in [9.17, 15) is 4.79 Å². The molecule has 1 aromatic carbocycles. The Kier molecular flexibility index (Phi) is 4.20. The van der Waals surface area contributed by atoms with E-state index in [0.29, 0.717) is 0 Å². The number of anilines is 1. The van der Waals surface area contributed by atoms with Gasteiger partial charge in [0, 0.05) is 6.04 Å². The fourth-order valence-electron chi connectivity index (χ4n) is 1.98. The van der Waals surface area contributed by atoms with Crippen LogP contribution in [0.25, 0.3) is 0 Å². The van der Waals surface area contributed by atoms with Crippen molar-refractivity contribution in [3.05, 3.63) is 23.8 Å². The molecular formula is C14H20N2O2. The maximum Gasteiger partial charge on any atom is 0.262 e. The van der Waals surface area contributed by atoms with Gasteiger partial charge in [-0.2, -0.15) is 0 Å². The molecule has 0 saturated carbocycles. The van der Waals surface area contributed by atoms with E-state index in [-0.39, 0.29) is 18.6 Å². The summed E-state index contributed by atoms with van der Waals surface area (Å²) in [7, 11) is 0. The normalized spacial score (nSPS) is 15.6. The quantitative estimate of drug-likeness (QED) is 0.787. The summed E-state index contributed by atoms with van der Waals surface area (Å²) in [4.78, 5) is 11.3.